The molecule has 3 rings (SSSR count). The Morgan fingerprint density at radius 2 is 1.81 bits per heavy atom. The Morgan fingerprint density at radius 1 is 1.06 bits per heavy atom. The smallest absolute Gasteiger partial charge is 0.340 e. The van der Waals surface area contributed by atoms with Gasteiger partial charge in [-0.3, -0.25) is 9.52 Å². The second-order valence-corrected chi connectivity index (χ2v) is 9.93. The van der Waals surface area contributed by atoms with Crippen LogP contribution in [-0.4, -0.2) is 26.9 Å². The van der Waals surface area contributed by atoms with E-state index in [9.17, 15) is 18.0 Å². The number of sulfonamides is 1. The van der Waals surface area contributed by atoms with Crippen LogP contribution in [-0.2, 0) is 19.6 Å². The van der Waals surface area contributed by atoms with Gasteiger partial charge in [0.2, 0.25) is 0 Å². The second kappa shape index (κ2) is 9.97. The van der Waals surface area contributed by atoms with E-state index in [1.807, 2.05) is 30.5 Å². The predicted molar refractivity (Wildman–Crippen MR) is 124 cm³/mol. The summed E-state index contributed by atoms with van der Waals surface area (Å²) in [5.41, 5.74) is 1.47. The quantitative estimate of drug-likeness (QED) is 0.479. The molecule has 7 nitrogen and oxygen atoms in total. The van der Waals surface area contributed by atoms with Gasteiger partial charge in [-0.1, -0.05) is 30.3 Å². The summed E-state index contributed by atoms with van der Waals surface area (Å²) < 4.78 is 33.4. The van der Waals surface area contributed by atoms with Crippen LogP contribution in [0.5, 0.6) is 0 Å². The molecule has 0 aliphatic carbocycles. The molecule has 0 saturated carbocycles. The number of benzene rings is 2. The van der Waals surface area contributed by atoms with Crippen LogP contribution in [0.15, 0.2) is 64.9 Å². The molecule has 32 heavy (non-hydrogen) atoms. The molecule has 1 atom stereocenters. The normalized spacial score (nSPS) is 12.1. The number of thiophene rings is 1. The van der Waals surface area contributed by atoms with E-state index in [2.05, 4.69) is 10.0 Å². The van der Waals surface area contributed by atoms with E-state index in [4.69, 9.17) is 4.74 Å². The van der Waals surface area contributed by atoms with Gasteiger partial charge in [0, 0.05) is 4.88 Å². The average molecular weight is 473 g/mol. The first-order valence-corrected chi connectivity index (χ1v) is 12.2. The third kappa shape index (κ3) is 5.74. The lowest BCUT2D eigenvalue weighted by molar-refractivity contribution is -0.124. The number of hydrogen-bond donors (Lipinski definition) is 2. The Bertz CT molecular complexity index is 1220. The first-order valence-electron chi connectivity index (χ1n) is 9.86. The van der Waals surface area contributed by atoms with Crippen LogP contribution >= 0.6 is 11.3 Å². The number of amides is 1. The fraction of sp³-hybridized carbons (Fsp3) is 0.217. The minimum absolute atomic E-state index is 0.0143. The molecule has 0 radical (unpaired) electrons. The molecule has 0 bridgehead atoms. The fourth-order valence-electron chi connectivity index (χ4n) is 3.05. The highest BCUT2D eigenvalue weighted by atomic mass is 32.2. The van der Waals surface area contributed by atoms with E-state index >= 15 is 0 Å². The summed E-state index contributed by atoms with van der Waals surface area (Å²) >= 11 is 1.51. The minimum atomic E-state index is -3.93. The van der Waals surface area contributed by atoms with Crippen molar-refractivity contribution in [2.75, 3.05) is 11.3 Å². The Labute approximate surface area is 191 Å². The number of para-hydroxylation sites is 1. The highest BCUT2D eigenvalue weighted by Gasteiger charge is 2.22. The maximum atomic E-state index is 12.9. The summed E-state index contributed by atoms with van der Waals surface area (Å²) in [7, 11) is -3.93. The molecular weight excluding hydrogens is 448 g/mol. The topological polar surface area (TPSA) is 102 Å². The number of rotatable bonds is 8. The molecule has 0 saturated heterocycles. The summed E-state index contributed by atoms with van der Waals surface area (Å²) in [6.45, 7) is 4.85. The number of anilines is 1. The Balaban J connectivity index is 1.70. The Hall–Kier alpha value is -3.17. The minimum Gasteiger partial charge on any atom is -0.452 e. The zero-order chi connectivity index (χ0) is 23.3. The summed E-state index contributed by atoms with van der Waals surface area (Å²) in [4.78, 5) is 25.9. The SMILES string of the molecule is Cc1ccc(C)c(S(=O)(=O)Nc2ccccc2C(=O)OCC(=O)NC(C)c2cccs2)c1. The van der Waals surface area contributed by atoms with Gasteiger partial charge in [-0.25, -0.2) is 13.2 Å². The number of ether oxygens (including phenoxy) is 1. The van der Waals surface area contributed by atoms with Crippen molar-refractivity contribution in [2.45, 2.75) is 31.7 Å². The molecule has 9 heteroatoms. The molecule has 2 N–H and O–H groups in total. The number of carbonyl (C=O) groups excluding carboxylic acids is 2. The van der Waals surface area contributed by atoms with E-state index in [1.54, 1.807) is 38.1 Å². The second-order valence-electron chi connectivity index (χ2n) is 7.30. The van der Waals surface area contributed by atoms with E-state index < -0.39 is 28.5 Å². The van der Waals surface area contributed by atoms with E-state index in [-0.39, 0.29) is 22.2 Å². The van der Waals surface area contributed by atoms with Gasteiger partial charge in [0.1, 0.15) is 0 Å². The summed E-state index contributed by atoms with van der Waals surface area (Å²) in [5, 5.41) is 4.67. The van der Waals surface area contributed by atoms with Crippen molar-refractivity contribution in [3.63, 3.8) is 0 Å². The maximum Gasteiger partial charge on any atom is 0.340 e. The lowest BCUT2D eigenvalue weighted by atomic mass is 10.2. The highest BCUT2D eigenvalue weighted by Crippen LogP contribution is 2.24. The number of esters is 1. The molecule has 168 valence electrons. The summed E-state index contributed by atoms with van der Waals surface area (Å²) in [6, 6.07) is 14.8. The molecular formula is C23H24N2O5S2. The van der Waals surface area contributed by atoms with Gasteiger partial charge in [0.05, 0.1) is 22.2 Å². The lowest BCUT2D eigenvalue weighted by Crippen LogP contribution is -2.31. The van der Waals surface area contributed by atoms with Crippen molar-refractivity contribution in [2.24, 2.45) is 0 Å². The third-order valence-electron chi connectivity index (χ3n) is 4.71. The zero-order valence-corrected chi connectivity index (χ0v) is 19.5. The average Bonchev–Trinajstić information content (AvgIpc) is 3.29. The largest absolute Gasteiger partial charge is 0.452 e. The van der Waals surface area contributed by atoms with Gasteiger partial charge in [0.25, 0.3) is 15.9 Å². The van der Waals surface area contributed by atoms with Crippen LogP contribution < -0.4 is 10.0 Å². The number of hydrogen-bond acceptors (Lipinski definition) is 6. The molecule has 0 spiro atoms. The van der Waals surface area contributed by atoms with Crippen molar-refractivity contribution >= 4 is 38.9 Å². The Kier molecular flexibility index (Phi) is 7.32. The van der Waals surface area contributed by atoms with Crippen LogP contribution in [0.25, 0.3) is 0 Å². The zero-order valence-electron chi connectivity index (χ0n) is 17.9. The molecule has 1 unspecified atom stereocenters. The molecule has 0 fully saturated rings. The van der Waals surface area contributed by atoms with Crippen molar-refractivity contribution in [3.05, 3.63) is 81.5 Å². The van der Waals surface area contributed by atoms with Gasteiger partial charge < -0.3 is 10.1 Å². The Morgan fingerprint density at radius 3 is 2.53 bits per heavy atom. The van der Waals surface area contributed by atoms with Crippen LogP contribution in [0.1, 0.15) is 39.3 Å². The van der Waals surface area contributed by atoms with Crippen LogP contribution in [0, 0.1) is 13.8 Å². The van der Waals surface area contributed by atoms with Gasteiger partial charge in [-0.2, -0.15) is 0 Å². The standard InChI is InChI=1S/C23H24N2O5S2/c1-15-10-11-16(2)21(13-15)32(28,29)25-19-8-5-4-7-18(19)23(27)30-14-22(26)24-17(3)20-9-6-12-31-20/h4-13,17,25H,14H2,1-3H3,(H,24,26). The van der Waals surface area contributed by atoms with Crippen LogP contribution in [0.4, 0.5) is 5.69 Å². The van der Waals surface area contributed by atoms with Gasteiger partial charge in [-0.15, -0.1) is 11.3 Å². The third-order valence-corrected chi connectivity index (χ3v) is 7.27. The fourth-order valence-corrected chi connectivity index (χ4v) is 5.19. The van der Waals surface area contributed by atoms with Crippen molar-refractivity contribution in [1.29, 1.82) is 0 Å². The molecule has 0 aliphatic rings. The van der Waals surface area contributed by atoms with Crippen LogP contribution in [0.3, 0.4) is 0 Å². The van der Waals surface area contributed by atoms with Crippen molar-refractivity contribution in [1.82, 2.24) is 5.32 Å². The number of carbonyl (C=O) groups is 2. The van der Waals surface area contributed by atoms with Gasteiger partial charge >= 0.3 is 5.97 Å². The molecule has 1 heterocycles. The van der Waals surface area contributed by atoms with Crippen LogP contribution in [0.2, 0.25) is 0 Å². The van der Waals surface area contributed by atoms with Gasteiger partial charge in [-0.05, 0) is 61.5 Å². The summed E-state index contributed by atoms with van der Waals surface area (Å²) in [6.07, 6.45) is 0. The monoisotopic (exact) mass is 472 g/mol. The molecule has 1 amide bonds. The van der Waals surface area contributed by atoms with E-state index in [1.165, 1.54) is 23.5 Å². The molecule has 3 aromatic rings. The molecule has 1 aromatic heterocycles. The van der Waals surface area contributed by atoms with Crippen molar-refractivity contribution in [3.8, 4) is 0 Å². The first-order chi connectivity index (χ1) is 15.2. The number of nitrogens with one attached hydrogen (secondary N) is 2. The summed E-state index contributed by atoms with van der Waals surface area (Å²) in [5.74, 6) is -1.25. The van der Waals surface area contributed by atoms with Gasteiger partial charge in [0.15, 0.2) is 6.61 Å². The van der Waals surface area contributed by atoms with E-state index in [0.29, 0.717) is 5.56 Å². The number of aryl methyl sites for hydroxylation is 2. The highest BCUT2D eigenvalue weighted by molar-refractivity contribution is 7.92. The molecule has 2 aromatic carbocycles. The maximum absolute atomic E-state index is 12.9. The van der Waals surface area contributed by atoms with Crippen molar-refractivity contribution < 1.29 is 22.7 Å². The molecule has 0 aliphatic heterocycles. The predicted octanol–water partition coefficient (Wildman–Crippen LogP) is 4.20. The lowest BCUT2D eigenvalue weighted by Gasteiger charge is -2.15. The first kappa shape index (κ1) is 23.5. The van der Waals surface area contributed by atoms with E-state index in [0.717, 1.165) is 10.4 Å².